The third-order valence-corrected chi connectivity index (χ3v) is 4.95. The summed E-state index contributed by atoms with van der Waals surface area (Å²) in [7, 11) is -3.66. The number of hydrogen-bond donors (Lipinski definition) is 2. The zero-order valence-electron chi connectivity index (χ0n) is 13.6. The number of nitrogens with one attached hydrogen (secondary N) is 1. The summed E-state index contributed by atoms with van der Waals surface area (Å²) in [5.74, 6) is 0.0240. The van der Waals surface area contributed by atoms with Crippen LogP contribution in [0.3, 0.4) is 0 Å². The summed E-state index contributed by atoms with van der Waals surface area (Å²) < 4.78 is 40.7. The van der Waals surface area contributed by atoms with E-state index < -0.39 is 15.8 Å². The molecule has 2 heterocycles. The number of halogens is 1. The van der Waals surface area contributed by atoms with Gasteiger partial charge in [-0.05, 0) is 36.4 Å². The van der Waals surface area contributed by atoms with Crippen molar-refractivity contribution in [2.45, 2.75) is 11.4 Å². The largest absolute Gasteiger partial charge is 0.395 e. The molecule has 0 amide bonds. The second-order valence-corrected chi connectivity index (χ2v) is 7.15. The predicted molar refractivity (Wildman–Crippen MR) is 91.0 cm³/mol. The molecule has 2 N–H and O–H groups in total. The lowest BCUT2D eigenvalue weighted by molar-refractivity contribution is 0.301. The number of rotatable bonds is 7. The molecule has 2 aromatic heterocycles. The fourth-order valence-corrected chi connectivity index (χ4v) is 3.24. The average Bonchev–Trinajstić information content (AvgIpc) is 3.11. The van der Waals surface area contributed by atoms with Gasteiger partial charge in [-0.3, -0.25) is 4.98 Å². The fraction of sp³-hybridized carbons (Fsp3) is 0.188. The molecule has 0 atom stereocenters. The number of nitrogens with zero attached hydrogens (tertiary/aromatic N) is 4. The van der Waals surface area contributed by atoms with Gasteiger partial charge in [0.25, 0.3) is 0 Å². The molecule has 0 saturated heterocycles. The molecule has 1 aromatic carbocycles. The first-order valence-corrected chi connectivity index (χ1v) is 9.17. The van der Waals surface area contributed by atoms with Crippen LogP contribution in [0.5, 0.6) is 0 Å². The van der Waals surface area contributed by atoms with E-state index in [1.165, 1.54) is 24.5 Å². The minimum atomic E-state index is -3.66. The number of aromatic nitrogens is 4. The van der Waals surface area contributed by atoms with Gasteiger partial charge in [0.2, 0.25) is 10.0 Å². The SMILES string of the molecule is O=S(=O)(NCCO)c1ccc(-c2ncn(Cc3ccc(F)cn3)n2)cc1. The Kier molecular flexibility index (Phi) is 5.35. The van der Waals surface area contributed by atoms with Crippen LogP contribution in [0.25, 0.3) is 11.4 Å². The molecule has 0 aliphatic heterocycles. The second kappa shape index (κ2) is 7.68. The molecule has 0 unspecified atom stereocenters. The van der Waals surface area contributed by atoms with Crippen molar-refractivity contribution in [3.8, 4) is 11.4 Å². The summed E-state index contributed by atoms with van der Waals surface area (Å²) in [5.41, 5.74) is 1.29. The van der Waals surface area contributed by atoms with Crippen LogP contribution in [-0.2, 0) is 16.6 Å². The molecule has 0 aliphatic rings. The molecule has 0 fully saturated rings. The van der Waals surface area contributed by atoms with Gasteiger partial charge in [0.1, 0.15) is 12.1 Å². The van der Waals surface area contributed by atoms with Gasteiger partial charge in [0.15, 0.2) is 5.82 Å². The predicted octanol–water partition coefficient (Wildman–Crippen LogP) is 0.798. The van der Waals surface area contributed by atoms with Crippen molar-refractivity contribution < 1.29 is 17.9 Å². The number of aliphatic hydroxyl groups excluding tert-OH is 1. The van der Waals surface area contributed by atoms with Gasteiger partial charge in [-0.25, -0.2) is 27.2 Å². The quantitative estimate of drug-likeness (QED) is 0.630. The van der Waals surface area contributed by atoms with Crippen molar-refractivity contribution in [1.82, 2.24) is 24.5 Å². The zero-order chi connectivity index (χ0) is 18.6. The van der Waals surface area contributed by atoms with Gasteiger partial charge >= 0.3 is 0 Å². The summed E-state index contributed by atoms with van der Waals surface area (Å²) in [5, 5.41) is 13.0. The molecule has 0 saturated carbocycles. The maximum atomic E-state index is 12.9. The normalized spacial score (nSPS) is 11.6. The number of aliphatic hydroxyl groups is 1. The Morgan fingerprint density at radius 2 is 1.88 bits per heavy atom. The number of hydrogen-bond acceptors (Lipinski definition) is 6. The minimum Gasteiger partial charge on any atom is -0.395 e. The Labute approximate surface area is 149 Å². The van der Waals surface area contributed by atoms with E-state index in [2.05, 4.69) is 19.8 Å². The second-order valence-electron chi connectivity index (χ2n) is 5.38. The van der Waals surface area contributed by atoms with Gasteiger partial charge in [-0.15, -0.1) is 0 Å². The first kappa shape index (κ1) is 18.1. The number of pyridine rings is 1. The third kappa shape index (κ3) is 4.28. The first-order chi connectivity index (χ1) is 12.5. The van der Waals surface area contributed by atoms with Crippen LogP contribution in [0.2, 0.25) is 0 Å². The number of benzene rings is 1. The van der Waals surface area contributed by atoms with Gasteiger partial charge in [-0.2, -0.15) is 5.10 Å². The van der Waals surface area contributed by atoms with Gasteiger partial charge in [0.05, 0.1) is 29.9 Å². The van der Waals surface area contributed by atoms with E-state index in [-0.39, 0.29) is 18.0 Å². The topological polar surface area (TPSA) is 110 Å². The van der Waals surface area contributed by atoms with Crippen molar-refractivity contribution in [2.24, 2.45) is 0 Å². The van der Waals surface area contributed by atoms with E-state index in [0.29, 0.717) is 23.6 Å². The maximum Gasteiger partial charge on any atom is 0.240 e. The molecule has 26 heavy (non-hydrogen) atoms. The molecule has 3 rings (SSSR count). The molecule has 8 nitrogen and oxygen atoms in total. The van der Waals surface area contributed by atoms with E-state index >= 15 is 0 Å². The highest BCUT2D eigenvalue weighted by molar-refractivity contribution is 7.89. The molecular formula is C16H16FN5O3S. The van der Waals surface area contributed by atoms with Crippen LogP contribution >= 0.6 is 0 Å². The van der Waals surface area contributed by atoms with E-state index in [1.54, 1.807) is 22.9 Å². The highest BCUT2D eigenvalue weighted by atomic mass is 32.2. The lowest BCUT2D eigenvalue weighted by atomic mass is 10.2. The number of sulfonamides is 1. The standard InChI is InChI=1S/C16H16FN5O3S/c17-13-3-4-14(18-9-13)10-22-11-19-16(21-22)12-1-5-15(6-2-12)26(24,25)20-7-8-23/h1-6,9,11,20,23H,7-8,10H2. The van der Waals surface area contributed by atoms with Crippen LogP contribution < -0.4 is 4.72 Å². The van der Waals surface area contributed by atoms with Crippen molar-refractivity contribution in [3.05, 3.63) is 60.4 Å². The van der Waals surface area contributed by atoms with E-state index in [1.807, 2.05) is 0 Å². The highest BCUT2D eigenvalue weighted by Gasteiger charge is 2.14. The summed E-state index contributed by atoms with van der Waals surface area (Å²) in [4.78, 5) is 8.24. The average molecular weight is 377 g/mol. The fourth-order valence-electron chi connectivity index (χ4n) is 2.22. The van der Waals surface area contributed by atoms with Gasteiger partial charge in [0, 0.05) is 12.1 Å². The van der Waals surface area contributed by atoms with Crippen LogP contribution in [0.1, 0.15) is 5.69 Å². The maximum absolute atomic E-state index is 12.9. The lowest BCUT2D eigenvalue weighted by Crippen LogP contribution is -2.26. The third-order valence-electron chi connectivity index (χ3n) is 3.48. The molecular weight excluding hydrogens is 361 g/mol. The smallest absolute Gasteiger partial charge is 0.240 e. The summed E-state index contributed by atoms with van der Waals surface area (Å²) >= 11 is 0. The van der Waals surface area contributed by atoms with Crippen molar-refractivity contribution in [2.75, 3.05) is 13.2 Å². The molecule has 0 aliphatic carbocycles. The highest BCUT2D eigenvalue weighted by Crippen LogP contribution is 2.18. The van der Waals surface area contributed by atoms with Crippen molar-refractivity contribution in [3.63, 3.8) is 0 Å². The Balaban J connectivity index is 1.74. The van der Waals surface area contributed by atoms with Gasteiger partial charge < -0.3 is 5.11 Å². The molecule has 0 radical (unpaired) electrons. The monoisotopic (exact) mass is 377 g/mol. The molecule has 136 valence electrons. The molecule has 10 heteroatoms. The Morgan fingerprint density at radius 1 is 1.12 bits per heavy atom. The van der Waals surface area contributed by atoms with Crippen LogP contribution in [0.4, 0.5) is 4.39 Å². The Hall–Kier alpha value is -2.69. The van der Waals surface area contributed by atoms with E-state index in [4.69, 9.17) is 5.11 Å². The summed E-state index contributed by atoms with van der Waals surface area (Å²) in [6.45, 7) is 0.0138. The minimum absolute atomic E-state index is 0.0481. The van der Waals surface area contributed by atoms with Crippen molar-refractivity contribution in [1.29, 1.82) is 0 Å². The van der Waals surface area contributed by atoms with Crippen LogP contribution in [-0.4, -0.2) is 46.4 Å². The summed E-state index contributed by atoms with van der Waals surface area (Å²) in [6.07, 6.45) is 2.66. The van der Waals surface area contributed by atoms with Crippen LogP contribution in [0, 0.1) is 5.82 Å². The van der Waals surface area contributed by atoms with Crippen LogP contribution in [0.15, 0.2) is 53.8 Å². The first-order valence-electron chi connectivity index (χ1n) is 7.69. The Morgan fingerprint density at radius 3 is 2.54 bits per heavy atom. The Bertz CT molecular complexity index is 972. The zero-order valence-corrected chi connectivity index (χ0v) is 14.4. The van der Waals surface area contributed by atoms with E-state index in [9.17, 15) is 12.8 Å². The van der Waals surface area contributed by atoms with Gasteiger partial charge in [-0.1, -0.05) is 0 Å². The molecule has 0 spiro atoms. The lowest BCUT2D eigenvalue weighted by Gasteiger charge is -2.05. The van der Waals surface area contributed by atoms with Crippen molar-refractivity contribution >= 4 is 10.0 Å². The molecule has 3 aromatic rings. The molecule has 0 bridgehead atoms. The summed E-state index contributed by atoms with van der Waals surface area (Å²) in [6, 6.07) is 8.97. The van der Waals surface area contributed by atoms with E-state index in [0.717, 1.165) is 6.20 Å².